The molecule has 0 spiro atoms. The van der Waals surface area contributed by atoms with Crippen molar-refractivity contribution >= 4 is 0 Å². The molecule has 0 fully saturated rings. The quantitative estimate of drug-likeness (QED) is 0.776. The highest BCUT2D eigenvalue weighted by Crippen LogP contribution is 2.07. The van der Waals surface area contributed by atoms with Gasteiger partial charge in [0.1, 0.15) is 5.76 Å². The van der Waals surface area contributed by atoms with Crippen LogP contribution in [-0.2, 0) is 13.1 Å². The van der Waals surface area contributed by atoms with Gasteiger partial charge in [-0.15, -0.1) is 10.2 Å². The predicted octanol–water partition coefficient (Wildman–Crippen LogP) is 1.31. The van der Waals surface area contributed by atoms with Crippen molar-refractivity contribution in [2.45, 2.75) is 26.9 Å². The molecule has 16 heavy (non-hydrogen) atoms. The van der Waals surface area contributed by atoms with Crippen LogP contribution < -0.4 is 0 Å². The number of aryl methyl sites for hydroxylation is 2. The summed E-state index contributed by atoms with van der Waals surface area (Å²) in [6.07, 6.45) is 0. The first-order chi connectivity index (χ1) is 7.63. The van der Waals surface area contributed by atoms with Gasteiger partial charge >= 0.3 is 0 Å². The smallest absolute Gasteiger partial charge is 0.230 e. The van der Waals surface area contributed by atoms with Gasteiger partial charge in [-0.2, -0.15) is 0 Å². The molecule has 0 radical (unpaired) electrons. The maximum Gasteiger partial charge on any atom is 0.230 e. The highest BCUT2D eigenvalue weighted by Gasteiger charge is 2.09. The summed E-state index contributed by atoms with van der Waals surface area (Å²) in [6.45, 7) is 4.95. The van der Waals surface area contributed by atoms with Gasteiger partial charge < -0.3 is 8.94 Å². The van der Waals surface area contributed by atoms with Crippen LogP contribution in [0.4, 0.5) is 0 Å². The van der Waals surface area contributed by atoms with Gasteiger partial charge in [-0.25, -0.2) is 0 Å². The molecule has 6 heteroatoms. The van der Waals surface area contributed by atoms with Gasteiger partial charge in [-0.05, 0) is 14.0 Å². The molecule has 0 saturated carbocycles. The monoisotopic (exact) mass is 222 g/mol. The Kier molecular flexibility index (Phi) is 3.00. The van der Waals surface area contributed by atoms with Crippen LogP contribution in [0.3, 0.4) is 0 Å². The molecule has 0 amide bonds. The van der Waals surface area contributed by atoms with E-state index in [9.17, 15) is 0 Å². The van der Waals surface area contributed by atoms with Crippen LogP contribution in [0.15, 0.2) is 15.0 Å². The van der Waals surface area contributed by atoms with E-state index in [0.29, 0.717) is 24.9 Å². The van der Waals surface area contributed by atoms with Gasteiger partial charge in [0.25, 0.3) is 0 Å². The molecule has 0 aliphatic rings. The molecule has 2 rings (SSSR count). The van der Waals surface area contributed by atoms with Crippen molar-refractivity contribution in [1.82, 2.24) is 20.3 Å². The minimum Gasteiger partial charge on any atom is -0.424 e. The van der Waals surface area contributed by atoms with Crippen molar-refractivity contribution in [3.8, 4) is 0 Å². The Labute approximate surface area is 93.2 Å². The lowest BCUT2D eigenvalue weighted by Gasteiger charge is -2.11. The number of rotatable bonds is 4. The van der Waals surface area contributed by atoms with Crippen LogP contribution in [0.5, 0.6) is 0 Å². The van der Waals surface area contributed by atoms with E-state index in [1.807, 2.05) is 24.9 Å². The Morgan fingerprint density at radius 1 is 1.25 bits per heavy atom. The van der Waals surface area contributed by atoms with Crippen molar-refractivity contribution in [2.24, 2.45) is 0 Å². The molecule has 86 valence electrons. The zero-order chi connectivity index (χ0) is 11.5. The summed E-state index contributed by atoms with van der Waals surface area (Å²) in [5.74, 6) is 2.01. The standard InChI is InChI=1S/C10H14N4O2/c1-7-4-9(13-16-7)5-14(3)6-10-12-11-8(2)15-10/h4H,5-6H2,1-3H3. The molecule has 0 unspecified atom stereocenters. The highest BCUT2D eigenvalue weighted by molar-refractivity contribution is 5.03. The van der Waals surface area contributed by atoms with E-state index in [-0.39, 0.29) is 0 Å². The lowest BCUT2D eigenvalue weighted by atomic mass is 10.3. The maximum atomic E-state index is 5.29. The summed E-state index contributed by atoms with van der Waals surface area (Å²) < 4.78 is 10.3. The fourth-order valence-corrected chi connectivity index (χ4v) is 1.46. The lowest BCUT2D eigenvalue weighted by Crippen LogP contribution is -2.17. The number of nitrogens with zero attached hydrogens (tertiary/aromatic N) is 4. The van der Waals surface area contributed by atoms with Crippen LogP contribution in [0.2, 0.25) is 0 Å². The molecule has 2 aromatic heterocycles. The zero-order valence-corrected chi connectivity index (χ0v) is 9.60. The molecule has 0 aromatic carbocycles. The van der Waals surface area contributed by atoms with E-state index < -0.39 is 0 Å². The molecule has 0 aliphatic carbocycles. The molecular weight excluding hydrogens is 208 g/mol. The van der Waals surface area contributed by atoms with Gasteiger partial charge in [0, 0.05) is 19.5 Å². The Hall–Kier alpha value is -1.69. The highest BCUT2D eigenvalue weighted by atomic mass is 16.5. The topological polar surface area (TPSA) is 68.2 Å². The zero-order valence-electron chi connectivity index (χ0n) is 9.60. The first kappa shape index (κ1) is 10.8. The number of aromatic nitrogens is 3. The largest absolute Gasteiger partial charge is 0.424 e. The van der Waals surface area contributed by atoms with Crippen LogP contribution in [0, 0.1) is 13.8 Å². The Morgan fingerprint density at radius 2 is 2.06 bits per heavy atom. The van der Waals surface area contributed by atoms with Crippen LogP contribution in [0.25, 0.3) is 0 Å². The molecule has 0 N–H and O–H groups in total. The van der Waals surface area contributed by atoms with Crippen molar-refractivity contribution in [3.05, 3.63) is 29.3 Å². The number of hydrogen-bond donors (Lipinski definition) is 0. The normalized spacial score (nSPS) is 11.2. The second-order valence-electron chi connectivity index (χ2n) is 3.82. The average Bonchev–Trinajstić information content (AvgIpc) is 2.76. The Morgan fingerprint density at radius 3 is 2.62 bits per heavy atom. The van der Waals surface area contributed by atoms with Crippen molar-refractivity contribution in [1.29, 1.82) is 0 Å². The second kappa shape index (κ2) is 4.44. The summed E-state index contributed by atoms with van der Waals surface area (Å²) in [5, 5.41) is 11.6. The Bertz CT molecular complexity index is 421. The molecule has 2 aromatic rings. The third kappa shape index (κ3) is 2.66. The van der Waals surface area contributed by atoms with Gasteiger partial charge in [-0.1, -0.05) is 5.16 Å². The fourth-order valence-electron chi connectivity index (χ4n) is 1.46. The molecule has 0 aliphatic heterocycles. The van der Waals surface area contributed by atoms with Crippen LogP contribution in [-0.4, -0.2) is 27.3 Å². The summed E-state index contributed by atoms with van der Waals surface area (Å²) in [7, 11) is 1.96. The molecule has 6 nitrogen and oxygen atoms in total. The summed E-state index contributed by atoms with van der Waals surface area (Å²) in [5.41, 5.74) is 0.899. The van der Waals surface area contributed by atoms with Gasteiger partial charge in [0.15, 0.2) is 0 Å². The maximum absolute atomic E-state index is 5.29. The minimum atomic E-state index is 0.584. The van der Waals surface area contributed by atoms with Crippen LogP contribution in [0.1, 0.15) is 23.2 Å². The van der Waals surface area contributed by atoms with E-state index in [4.69, 9.17) is 8.94 Å². The van der Waals surface area contributed by atoms with E-state index in [1.54, 1.807) is 6.92 Å². The van der Waals surface area contributed by atoms with E-state index in [2.05, 4.69) is 15.4 Å². The third-order valence-electron chi connectivity index (χ3n) is 2.08. The van der Waals surface area contributed by atoms with E-state index >= 15 is 0 Å². The second-order valence-corrected chi connectivity index (χ2v) is 3.82. The van der Waals surface area contributed by atoms with Gasteiger partial charge in [-0.3, -0.25) is 4.90 Å². The van der Waals surface area contributed by atoms with Crippen molar-refractivity contribution < 1.29 is 8.94 Å². The SMILES string of the molecule is Cc1cc(CN(C)Cc2nnc(C)o2)no1. The average molecular weight is 222 g/mol. The molecular formula is C10H14N4O2. The third-order valence-corrected chi connectivity index (χ3v) is 2.08. The molecule has 2 heterocycles. The van der Waals surface area contributed by atoms with Crippen LogP contribution >= 0.6 is 0 Å². The summed E-state index contributed by atoms with van der Waals surface area (Å²) >= 11 is 0. The van der Waals surface area contributed by atoms with Gasteiger partial charge in [0.05, 0.1) is 12.2 Å². The summed E-state index contributed by atoms with van der Waals surface area (Å²) in [6, 6.07) is 1.91. The minimum absolute atomic E-state index is 0.584. The lowest BCUT2D eigenvalue weighted by molar-refractivity contribution is 0.269. The Balaban J connectivity index is 1.91. The van der Waals surface area contributed by atoms with E-state index in [1.165, 1.54) is 0 Å². The van der Waals surface area contributed by atoms with Gasteiger partial charge in [0.2, 0.25) is 11.8 Å². The number of hydrogen-bond acceptors (Lipinski definition) is 6. The first-order valence-corrected chi connectivity index (χ1v) is 5.03. The molecule has 0 saturated heterocycles. The fraction of sp³-hybridized carbons (Fsp3) is 0.500. The molecule has 0 bridgehead atoms. The first-order valence-electron chi connectivity index (χ1n) is 5.03. The summed E-state index contributed by atoms with van der Waals surface area (Å²) in [4.78, 5) is 2.03. The van der Waals surface area contributed by atoms with Crippen molar-refractivity contribution in [3.63, 3.8) is 0 Å². The van der Waals surface area contributed by atoms with Crippen molar-refractivity contribution in [2.75, 3.05) is 7.05 Å². The van der Waals surface area contributed by atoms with E-state index in [0.717, 1.165) is 11.5 Å². The molecule has 0 atom stereocenters. The predicted molar refractivity (Wildman–Crippen MR) is 55.4 cm³/mol.